The SMILES string of the molecule is Cc1nc(-c2cccnc2)ncc1C(=O)N(C)Cc1nc(-c2ccccc2)no1. The summed E-state index contributed by atoms with van der Waals surface area (Å²) in [6.07, 6.45) is 4.90. The molecule has 144 valence electrons. The van der Waals surface area contributed by atoms with Gasteiger partial charge < -0.3 is 9.42 Å². The highest BCUT2D eigenvalue weighted by atomic mass is 16.5. The lowest BCUT2D eigenvalue weighted by atomic mass is 10.2. The maximum atomic E-state index is 12.8. The van der Waals surface area contributed by atoms with Crippen LogP contribution in [0.4, 0.5) is 0 Å². The molecule has 29 heavy (non-hydrogen) atoms. The van der Waals surface area contributed by atoms with E-state index in [1.807, 2.05) is 42.5 Å². The minimum atomic E-state index is -0.223. The fraction of sp³-hybridized carbons (Fsp3) is 0.143. The van der Waals surface area contributed by atoms with Gasteiger partial charge in [-0.25, -0.2) is 9.97 Å². The van der Waals surface area contributed by atoms with Gasteiger partial charge >= 0.3 is 0 Å². The van der Waals surface area contributed by atoms with Crippen LogP contribution in [0, 0.1) is 6.92 Å². The van der Waals surface area contributed by atoms with E-state index in [-0.39, 0.29) is 12.5 Å². The average molecular weight is 386 g/mol. The normalized spacial score (nSPS) is 10.7. The van der Waals surface area contributed by atoms with Crippen LogP contribution in [0.1, 0.15) is 21.9 Å². The number of hydrogen-bond donors (Lipinski definition) is 0. The third-order valence-electron chi connectivity index (χ3n) is 4.35. The van der Waals surface area contributed by atoms with Gasteiger partial charge in [-0.2, -0.15) is 4.98 Å². The van der Waals surface area contributed by atoms with E-state index in [0.29, 0.717) is 28.8 Å². The highest BCUT2D eigenvalue weighted by Gasteiger charge is 2.19. The molecule has 0 aliphatic rings. The lowest BCUT2D eigenvalue weighted by Gasteiger charge is -2.16. The predicted molar refractivity (Wildman–Crippen MR) is 106 cm³/mol. The van der Waals surface area contributed by atoms with Crippen LogP contribution >= 0.6 is 0 Å². The molecule has 0 radical (unpaired) electrons. The summed E-state index contributed by atoms with van der Waals surface area (Å²) in [5, 5.41) is 3.98. The molecule has 3 aromatic heterocycles. The van der Waals surface area contributed by atoms with Crippen molar-refractivity contribution < 1.29 is 9.32 Å². The molecule has 0 spiro atoms. The van der Waals surface area contributed by atoms with Gasteiger partial charge in [0, 0.05) is 36.8 Å². The maximum absolute atomic E-state index is 12.8. The van der Waals surface area contributed by atoms with Crippen molar-refractivity contribution in [1.29, 1.82) is 0 Å². The van der Waals surface area contributed by atoms with Crippen LogP contribution in [-0.4, -0.2) is 42.9 Å². The summed E-state index contributed by atoms with van der Waals surface area (Å²) in [5.41, 5.74) is 2.66. The minimum Gasteiger partial charge on any atom is -0.337 e. The molecule has 8 nitrogen and oxygen atoms in total. The fourth-order valence-electron chi connectivity index (χ4n) is 2.82. The van der Waals surface area contributed by atoms with Gasteiger partial charge in [0.15, 0.2) is 5.82 Å². The second-order valence-electron chi connectivity index (χ2n) is 6.47. The summed E-state index contributed by atoms with van der Waals surface area (Å²) in [5.74, 6) is 1.14. The molecule has 8 heteroatoms. The lowest BCUT2D eigenvalue weighted by Crippen LogP contribution is -2.27. The summed E-state index contributed by atoms with van der Waals surface area (Å²) >= 11 is 0. The van der Waals surface area contributed by atoms with Gasteiger partial charge in [-0.15, -0.1) is 0 Å². The van der Waals surface area contributed by atoms with E-state index in [9.17, 15) is 4.79 Å². The summed E-state index contributed by atoms with van der Waals surface area (Å²) in [4.78, 5) is 31.5. The van der Waals surface area contributed by atoms with E-state index in [1.54, 1.807) is 26.4 Å². The number of nitrogens with zero attached hydrogens (tertiary/aromatic N) is 6. The van der Waals surface area contributed by atoms with Gasteiger partial charge in [-0.3, -0.25) is 9.78 Å². The number of carbonyl (C=O) groups is 1. The van der Waals surface area contributed by atoms with E-state index in [4.69, 9.17) is 4.52 Å². The Balaban J connectivity index is 1.49. The summed E-state index contributed by atoms with van der Waals surface area (Å²) in [6, 6.07) is 13.2. The largest absolute Gasteiger partial charge is 0.337 e. The molecule has 1 aromatic carbocycles. The second kappa shape index (κ2) is 7.97. The maximum Gasteiger partial charge on any atom is 0.257 e. The van der Waals surface area contributed by atoms with Gasteiger partial charge in [0.05, 0.1) is 11.3 Å². The fourth-order valence-corrected chi connectivity index (χ4v) is 2.82. The molecule has 4 aromatic rings. The first-order chi connectivity index (χ1) is 14.1. The molecule has 0 bridgehead atoms. The first kappa shape index (κ1) is 18.4. The smallest absolute Gasteiger partial charge is 0.257 e. The van der Waals surface area contributed by atoms with Crippen LogP contribution in [0.3, 0.4) is 0 Å². The summed E-state index contributed by atoms with van der Waals surface area (Å²) < 4.78 is 5.29. The van der Waals surface area contributed by atoms with Crippen molar-refractivity contribution in [3.8, 4) is 22.8 Å². The van der Waals surface area contributed by atoms with Crippen molar-refractivity contribution in [3.63, 3.8) is 0 Å². The molecule has 0 unspecified atom stereocenters. The van der Waals surface area contributed by atoms with Crippen molar-refractivity contribution in [3.05, 3.63) is 78.2 Å². The van der Waals surface area contributed by atoms with Crippen molar-refractivity contribution in [2.45, 2.75) is 13.5 Å². The molecule has 0 fully saturated rings. The standard InChI is InChI=1S/C21H18N6O2/c1-14-17(12-23-19(24-14)16-9-6-10-22-11-16)21(28)27(2)13-18-25-20(26-29-18)15-7-4-3-5-8-15/h3-12H,13H2,1-2H3. The van der Waals surface area contributed by atoms with Crippen LogP contribution in [-0.2, 0) is 6.54 Å². The third-order valence-corrected chi connectivity index (χ3v) is 4.35. The first-order valence-electron chi connectivity index (χ1n) is 8.99. The molecular formula is C21H18N6O2. The number of rotatable bonds is 5. The van der Waals surface area contributed by atoms with E-state index in [2.05, 4.69) is 25.1 Å². The zero-order chi connectivity index (χ0) is 20.2. The molecule has 1 amide bonds. The Hall–Kier alpha value is -3.94. The predicted octanol–water partition coefficient (Wildman–Crippen LogP) is 3.17. The quantitative estimate of drug-likeness (QED) is 0.519. The third kappa shape index (κ3) is 4.01. The second-order valence-corrected chi connectivity index (χ2v) is 6.47. The Bertz CT molecular complexity index is 1130. The van der Waals surface area contributed by atoms with Crippen LogP contribution in [0.25, 0.3) is 22.8 Å². The number of benzene rings is 1. The van der Waals surface area contributed by atoms with Crippen molar-refractivity contribution >= 4 is 5.91 Å². The molecule has 0 atom stereocenters. The van der Waals surface area contributed by atoms with Gasteiger partial charge in [-0.05, 0) is 19.1 Å². The number of amides is 1. The van der Waals surface area contributed by atoms with Crippen molar-refractivity contribution in [1.82, 2.24) is 30.0 Å². The zero-order valence-corrected chi connectivity index (χ0v) is 16.0. The average Bonchev–Trinajstić information content (AvgIpc) is 3.23. The number of aromatic nitrogens is 5. The van der Waals surface area contributed by atoms with Gasteiger partial charge in [-0.1, -0.05) is 35.5 Å². The number of aryl methyl sites for hydroxylation is 1. The van der Waals surface area contributed by atoms with Crippen LogP contribution < -0.4 is 0 Å². The van der Waals surface area contributed by atoms with Gasteiger partial charge in [0.1, 0.15) is 6.54 Å². The van der Waals surface area contributed by atoms with Crippen molar-refractivity contribution in [2.24, 2.45) is 0 Å². The minimum absolute atomic E-state index is 0.183. The summed E-state index contributed by atoms with van der Waals surface area (Å²) in [6.45, 7) is 1.96. The number of carbonyl (C=O) groups excluding carboxylic acids is 1. The highest BCUT2D eigenvalue weighted by Crippen LogP contribution is 2.18. The molecule has 0 N–H and O–H groups in total. The van der Waals surface area contributed by atoms with Crippen LogP contribution in [0.15, 0.2) is 65.6 Å². The Morgan fingerprint density at radius 2 is 1.79 bits per heavy atom. The zero-order valence-electron chi connectivity index (χ0n) is 16.0. The Morgan fingerprint density at radius 3 is 2.52 bits per heavy atom. The van der Waals surface area contributed by atoms with E-state index in [0.717, 1.165) is 11.1 Å². The van der Waals surface area contributed by atoms with Crippen LogP contribution in [0.5, 0.6) is 0 Å². The van der Waals surface area contributed by atoms with Crippen LogP contribution in [0.2, 0.25) is 0 Å². The topological polar surface area (TPSA) is 97.9 Å². The Labute approximate surface area is 167 Å². The van der Waals surface area contributed by atoms with E-state index >= 15 is 0 Å². The van der Waals surface area contributed by atoms with Crippen molar-refractivity contribution in [2.75, 3.05) is 7.05 Å². The summed E-state index contributed by atoms with van der Waals surface area (Å²) in [7, 11) is 1.67. The Kier molecular flexibility index (Phi) is 5.07. The molecule has 4 rings (SSSR count). The monoisotopic (exact) mass is 386 g/mol. The van der Waals surface area contributed by atoms with E-state index < -0.39 is 0 Å². The lowest BCUT2D eigenvalue weighted by molar-refractivity contribution is 0.0768. The van der Waals surface area contributed by atoms with E-state index in [1.165, 1.54) is 11.1 Å². The molecule has 0 aliphatic heterocycles. The first-order valence-corrected chi connectivity index (χ1v) is 8.99. The van der Waals surface area contributed by atoms with Gasteiger partial charge in [0.25, 0.3) is 5.91 Å². The molecule has 0 saturated heterocycles. The van der Waals surface area contributed by atoms with Gasteiger partial charge in [0.2, 0.25) is 11.7 Å². The molecule has 3 heterocycles. The number of hydrogen-bond acceptors (Lipinski definition) is 7. The highest BCUT2D eigenvalue weighted by molar-refractivity contribution is 5.94. The number of pyridine rings is 1. The molecule has 0 aliphatic carbocycles. The Morgan fingerprint density at radius 1 is 1.00 bits per heavy atom. The molecular weight excluding hydrogens is 368 g/mol. The molecule has 0 saturated carbocycles.